The number of nitrogens with zero attached hydrogens (tertiary/aromatic N) is 1. The Labute approximate surface area is 174 Å². The van der Waals surface area contributed by atoms with Gasteiger partial charge in [-0.3, -0.25) is 4.79 Å². The molecule has 0 fully saturated rings. The molecule has 0 saturated heterocycles. The van der Waals surface area contributed by atoms with Gasteiger partial charge in [0.25, 0.3) is 0 Å². The van der Waals surface area contributed by atoms with Crippen molar-refractivity contribution in [2.75, 3.05) is 6.61 Å². The summed E-state index contributed by atoms with van der Waals surface area (Å²) in [5, 5.41) is 0. The molecule has 3 aromatic heterocycles. The van der Waals surface area contributed by atoms with E-state index in [0.717, 1.165) is 36.4 Å². The monoisotopic (exact) mass is 411 g/mol. The van der Waals surface area contributed by atoms with Crippen LogP contribution in [0, 0.1) is 19.8 Å². The zero-order valence-electron chi connectivity index (χ0n) is 17.0. The minimum atomic E-state index is -0.408. The Morgan fingerprint density at radius 3 is 2.90 bits per heavy atom. The van der Waals surface area contributed by atoms with Crippen LogP contribution in [-0.2, 0) is 24.1 Å². The molecular formula is C23H25NO4S. The molecule has 0 aliphatic heterocycles. The maximum atomic E-state index is 12.7. The summed E-state index contributed by atoms with van der Waals surface area (Å²) in [6, 6.07) is 7.54. The van der Waals surface area contributed by atoms with E-state index in [-0.39, 0.29) is 12.4 Å². The number of furan rings is 1. The molecule has 0 radical (unpaired) electrons. The first-order chi connectivity index (χ1) is 13.9. The van der Waals surface area contributed by atoms with Gasteiger partial charge in [-0.15, -0.1) is 11.3 Å². The maximum absolute atomic E-state index is 12.7. The van der Waals surface area contributed by atoms with Crippen LogP contribution in [0.1, 0.15) is 61.0 Å². The number of hydrogen-bond donors (Lipinski definition) is 0. The van der Waals surface area contributed by atoms with Crippen molar-refractivity contribution in [2.24, 2.45) is 5.92 Å². The van der Waals surface area contributed by atoms with Crippen molar-refractivity contribution in [3.8, 4) is 0 Å². The van der Waals surface area contributed by atoms with Gasteiger partial charge in [0.15, 0.2) is 6.61 Å². The first kappa shape index (κ1) is 19.7. The predicted molar refractivity (Wildman–Crippen MR) is 112 cm³/mol. The fraction of sp³-hybridized carbons (Fsp3) is 0.391. The van der Waals surface area contributed by atoms with Gasteiger partial charge in [0, 0.05) is 21.8 Å². The molecule has 3 aromatic rings. The van der Waals surface area contributed by atoms with Crippen molar-refractivity contribution in [1.82, 2.24) is 4.57 Å². The Bertz CT molecular complexity index is 1040. The van der Waals surface area contributed by atoms with Crippen molar-refractivity contribution < 1.29 is 18.7 Å². The highest BCUT2D eigenvalue weighted by molar-refractivity contribution is 7.14. The van der Waals surface area contributed by atoms with Crippen LogP contribution in [0.25, 0.3) is 0 Å². The van der Waals surface area contributed by atoms with E-state index < -0.39 is 5.97 Å². The number of carbonyl (C=O) groups excluding carboxylic acids is 2. The highest BCUT2D eigenvalue weighted by atomic mass is 32.1. The Morgan fingerprint density at radius 2 is 2.14 bits per heavy atom. The maximum Gasteiger partial charge on any atom is 0.348 e. The minimum Gasteiger partial charge on any atom is -0.467 e. The standard InChI is InChI=1S/C23H25NO4S/c1-14-6-7-21-17(9-14)11-22(29-21)23(26)28-13-20(25)19-10-15(2)24(16(19)3)12-18-5-4-8-27-18/h4-5,8,10-11,14H,6-7,9,12-13H2,1-3H3. The first-order valence-electron chi connectivity index (χ1n) is 9.93. The summed E-state index contributed by atoms with van der Waals surface area (Å²) in [6.45, 7) is 6.41. The lowest BCUT2D eigenvalue weighted by Crippen LogP contribution is -2.14. The van der Waals surface area contributed by atoms with Gasteiger partial charge < -0.3 is 13.7 Å². The third-order valence-electron chi connectivity index (χ3n) is 5.63. The third-order valence-corrected chi connectivity index (χ3v) is 6.85. The van der Waals surface area contributed by atoms with Crippen LogP contribution >= 0.6 is 11.3 Å². The quantitative estimate of drug-likeness (QED) is 0.424. The van der Waals surface area contributed by atoms with Crippen molar-refractivity contribution in [1.29, 1.82) is 0 Å². The van der Waals surface area contributed by atoms with E-state index in [1.807, 2.05) is 42.7 Å². The number of rotatable bonds is 6. The molecule has 3 heterocycles. The molecule has 1 aliphatic rings. The number of ketones is 1. The zero-order chi connectivity index (χ0) is 20.5. The first-order valence-corrected chi connectivity index (χ1v) is 10.7. The number of thiophene rings is 1. The van der Waals surface area contributed by atoms with Gasteiger partial charge in [-0.2, -0.15) is 0 Å². The molecule has 0 spiro atoms. The lowest BCUT2D eigenvalue weighted by molar-refractivity contribution is 0.0479. The van der Waals surface area contributed by atoms with Crippen LogP contribution in [0.4, 0.5) is 0 Å². The molecule has 0 amide bonds. The van der Waals surface area contributed by atoms with Crippen LogP contribution in [0.3, 0.4) is 0 Å². The number of fused-ring (bicyclic) bond motifs is 1. The summed E-state index contributed by atoms with van der Waals surface area (Å²) in [5.41, 5.74) is 3.66. The number of ether oxygens (including phenoxy) is 1. The number of hydrogen-bond acceptors (Lipinski definition) is 5. The fourth-order valence-electron chi connectivity index (χ4n) is 3.97. The summed E-state index contributed by atoms with van der Waals surface area (Å²) >= 11 is 1.50. The van der Waals surface area contributed by atoms with Gasteiger partial charge in [0.1, 0.15) is 10.6 Å². The number of aryl methyl sites for hydroxylation is 2. The van der Waals surface area contributed by atoms with E-state index in [1.54, 1.807) is 6.26 Å². The van der Waals surface area contributed by atoms with E-state index in [9.17, 15) is 9.59 Å². The third kappa shape index (κ3) is 4.08. The molecule has 152 valence electrons. The second-order valence-corrected chi connectivity index (χ2v) is 8.99. The Hall–Kier alpha value is -2.60. The van der Waals surface area contributed by atoms with E-state index in [4.69, 9.17) is 9.15 Å². The van der Waals surface area contributed by atoms with Gasteiger partial charge in [-0.05, 0) is 68.9 Å². The Morgan fingerprint density at radius 1 is 1.31 bits per heavy atom. The summed E-state index contributed by atoms with van der Waals surface area (Å²) in [7, 11) is 0. The minimum absolute atomic E-state index is 0.188. The van der Waals surface area contributed by atoms with Crippen molar-refractivity contribution in [3.63, 3.8) is 0 Å². The molecule has 0 saturated carbocycles. The molecule has 1 unspecified atom stereocenters. The van der Waals surface area contributed by atoms with Crippen molar-refractivity contribution in [3.05, 3.63) is 68.6 Å². The van der Waals surface area contributed by atoms with E-state index >= 15 is 0 Å². The fourth-order valence-corrected chi connectivity index (χ4v) is 5.07. The normalized spacial score (nSPS) is 15.9. The molecule has 29 heavy (non-hydrogen) atoms. The highest BCUT2D eigenvalue weighted by Crippen LogP contribution is 2.32. The Kier molecular flexibility index (Phi) is 5.46. The molecule has 0 N–H and O–H groups in total. The lowest BCUT2D eigenvalue weighted by Gasteiger charge is -2.16. The summed E-state index contributed by atoms with van der Waals surface area (Å²) < 4.78 is 12.8. The van der Waals surface area contributed by atoms with E-state index in [2.05, 4.69) is 6.92 Å². The van der Waals surface area contributed by atoms with Crippen molar-refractivity contribution in [2.45, 2.75) is 46.6 Å². The number of Topliss-reactive ketones (excluding diaryl/α,β-unsaturated/α-hetero) is 1. The number of esters is 1. The lowest BCUT2D eigenvalue weighted by atomic mass is 9.90. The zero-order valence-corrected chi connectivity index (χ0v) is 17.8. The van der Waals surface area contributed by atoms with Gasteiger partial charge in [-0.25, -0.2) is 4.79 Å². The second kappa shape index (κ2) is 8.03. The smallest absolute Gasteiger partial charge is 0.348 e. The SMILES string of the molecule is Cc1cc(C(=O)COC(=O)c2cc3c(s2)CCC(C)C3)c(C)n1Cc1ccco1. The second-order valence-electron chi connectivity index (χ2n) is 7.86. The van der Waals surface area contributed by atoms with Crippen LogP contribution < -0.4 is 0 Å². The van der Waals surface area contributed by atoms with Crippen LogP contribution in [-0.4, -0.2) is 22.9 Å². The van der Waals surface area contributed by atoms with E-state index in [1.165, 1.54) is 21.8 Å². The molecular weight excluding hydrogens is 386 g/mol. The molecule has 6 heteroatoms. The predicted octanol–water partition coefficient (Wildman–Crippen LogP) is 4.97. The van der Waals surface area contributed by atoms with Gasteiger partial charge in [0.05, 0.1) is 12.8 Å². The molecule has 5 nitrogen and oxygen atoms in total. The van der Waals surface area contributed by atoms with Gasteiger partial charge in [0.2, 0.25) is 5.78 Å². The van der Waals surface area contributed by atoms with Crippen LogP contribution in [0.15, 0.2) is 34.9 Å². The molecule has 0 aromatic carbocycles. The van der Waals surface area contributed by atoms with Gasteiger partial charge >= 0.3 is 5.97 Å². The van der Waals surface area contributed by atoms with Gasteiger partial charge in [-0.1, -0.05) is 6.92 Å². The van der Waals surface area contributed by atoms with Crippen molar-refractivity contribution >= 4 is 23.1 Å². The largest absolute Gasteiger partial charge is 0.467 e. The average molecular weight is 412 g/mol. The highest BCUT2D eigenvalue weighted by Gasteiger charge is 2.23. The summed E-state index contributed by atoms with van der Waals surface area (Å²) in [5.74, 6) is 0.883. The summed E-state index contributed by atoms with van der Waals surface area (Å²) in [6.07, 6.45) is 4.83. The number of carbonyl (C=O) groups is 2. The van der Waals surface area contributed by atoms with E-state index in [0.29, 0.717) is 22.9 Å². The van der Waals surface area contributed by atoms with Crippen LogP contribution in [0.5, 0.6) is 0 Å². The summed E-state index contributed by atoms with van der Waals surface area (Å²) in [4.78, 5) is 27.0. The van der Waals surface area contributed by atoms with Crippen LogP contribution in [0.2, 0.25) is 0 Å². The molecule has 0 bridgehead atoms. The number of aromatic nitrogens is 1. The molecule has 4 rings (SSSR count). The Balaban J connectivity index is 1.42. The molecule has 1 aliphatic carbocycles. The topological polar surface area (TPSA) is 61.4 Å². The molecule has 1 atom stereocenters. The average Bonchev–Trinajstić information content (AvgIpc) is 3.41.